The minimum absolute atomic E-state index is 0.0885. The first-order chi connectivity index (χ1) is 9.47. The molecule has 0 saturated heterocycles. The van der Waals surface area contributed by atoms with Gasteiger partial charge in [-0.3, -0.25) is 10.1 Å². The van der Waals surface area contributed by atoms with E-state index in [4.69, 9.17) is 19.9 Å². The molecule has 0 bridgehead atoms. The minimum Gasteiger partial charge on any atom is -0.454 e. The highest BCUT2D eigenvalue weighted by Crippen LogP contribution is 2.32. The molecule has 0 unspecified atom stereocenters. The molecule has 0 spiro atoms. The molecule has 1 aliphatic heterocycles. The van der Waals surface area contributed by atoms with E-state index in [1.807, 2.05) is 5.32 Å². The number of esters is 1. The maximum Gasteiger partial charge on any atom is 0.339 e. The number of carbonyl (C=O) groups is 3. The van der Waals surface area contributed by atoms with Crippen LogP contribution >= 0.6 is 0 Å². The summed E-state index contributed by atoms with van der Waals surface area (Å²) in [7, 11) is 0. The number of hydrogen-bond donors (Lipinski definition) is 2. The Kier molecular flexibility index (Phi) is 3.74. The molecule has 3 amide bonds. The van der Waals surface area contributed by atoms with Gasteiger partial charge in [0.25, 0.3) is 5.91 Å². The van der Waals surface area contributed by atoms with Crippen molar-refractivity contribution in [2.24, 2.45) is 5.73 Å². The van der Waals surface area contributed by atoms with Crippen molar-refractivity contribution in [2.45, 2.75) is 13.0 Å². The van der Waals surface area contributed by atoms with Crippen LogP contribution in [0.4, 0.5) is 4.79 Å². The maximum absolute atomic E-state index is 11.8. The molecule has 0 aromatic heterocycles. The molecule has 1 atom stereocenters. The summed E-state index contributed by atoms with van der Waals surface area (Å²) in [6.07, 6.45) is -1.15. The van der Waals surface area contributed by atoms with Crippen molar-refractivity contribution >= 4 is 17.9 Å². The Bertz CT molecular complexity index is 571. The lowest BCUT2D eigenvalue weighted by Crippen LogP contribution is -2.42. The smallest absolute Gasteiger partial charge is 0.339 e. The van der Waals surface area contributed by atoms with Crippen LogP contribution in [-0.4, -0.2) is 30.8 Å². The lowest BCUT2D eigenvalue weighted by Gasteiger charge is -2.12. The van der Waals surface area contributed by atoms with Gasteiger partial charge < -0.3 is 19.9 Å². The average Bonchev–Trinajstić information content (AvgIpc) is 2.84. The third-order valence-electron chi connectivity index (χ3n) is 2.51. The van der Waals surface area contributed by atoms with E-state index in [0.29, 0.717) is 11.5 Å². The van der Waals surface area contributed by atoms with Gasteiger partial charge in [-0.1, -0.05) is 0 Å². The number of imide groups is 1. The maximum atomic E-state index is 11.8. The number of primary amides is 1. The topological polar surface area (TPSA) is 117 Å². The van der Waals surface area contributed by atoms with E-state index in [2.05, 4.69) is 0 Å². The number of hydrogen-bond acceptors (Lipinski definition) is 6. The highest BCUT2D eigenvalue weighted by molar-refractivity contribution is 5.98. The fourth-order valence-corrected chi connectivity index (χ4v) is 1.53. The van der Waals surface area contributed by atoms with E-state index in [0.717, 1.165) is 0 Å². The number of nitrogens with one attached hydrogen (secondary N) is 1. The summed E-state index contributed by atoms with van der Waals surface area (Å²) in [4.78, 5) is 33.7. The van der Waals surface area contributed by atoms with Gasteiger partial charge in [-0.15, -0.1) is 0 Å². The van der Waals surface area contributed by atoms with Crippen molar-refractivity contribution in [3.05, 3.63) is 23.8 Å². The highest BCUT2D eigenvalue weighted by Gasteiger charge is 2.22. The number of nitrogens with two attached hydrogens (primary N) is 1. The van der Waals surface area contributed by atoms with E-state index >= 15 is 0 Å². The van der Waals surface area contributed by atoms with Crippen LogP contribution < -0.4 is 20.5 Å². The van der Waals surface area contributed by atoms with Gasteiger partial charge in [0.05, 0.1) is 5.56 Å². The van der Waals surface area contributed by atoms with E-state index in [1.54, 1.807) is 6.07 Å². The number of amides is 3. The van der Waals surface area contributed by atoms with Gasteiger partial charge in [0.15, 0.2) is 17.6 Å². The quantitative estimate of drug-likeness (QED) is 0.761. The average molecular weight is 280 g/mol. The second-order valence-corrected chi connectivity index (χ2v) is 3.97. The largest absolute Gasteiger partial charge is 0.454 e. The van der Waals surface area contributed by atoms with Crippen LogP contribution in [0.2, 0.25) is 0 Å². The number of rotatable bonds is 3. The summed E-state index contributed by atoms with van der Waals surface area (Å²) in [6, 6.07) is 3.48. The number of fused-ring (bicyclic) bond motifs is 1. The lowest BCUT2D eigenvalue weighted by atomic mass is 10.2. The van der Waals surface area contributed by atoms with Crippen molar-refractivity contribution in [3.63, 3.8) is 0 Å². The van der Waals surface area contributed by atoms with Crippen LogP contribution in [0.1, 0.15) is 17.3 Å². The molecule has 106 valence electrons. The van der Waals surface area contributed by atoms with Gasteiger partial charge in [0.2, 0.25) is 6.79 Å². The Morgan fingerprint density at radius 1 is 1.30 bits per heavy atom. The predicted octanol–water partition coefficient (Wildman–Crippen LogP) is 0.156. The summed E-state index contributed by atoms with van der Waals surface area (Å²) >= 11 is 0. The standard InChI is InChI=1S/C12H12N2O6/c1-6(10(15)14-12(13)17)20-11(16)7-2-3-8-9(4-7)19-5-18-8/h2-4,6H,5H2,1H3,(H3,13,14,15,17)/t6-/m1/s1. The Morgan fingerprint density at radius 3 is 2.70 bits per heavy atom. The van der Waals surface area contributed by atoms with E-state index in [1.165, 1.54) is 19.1 Å². The van der Waals surface area contributed by atoms with Gasteiger partial charge in [-0.25, -0.2) is 9.59 Å². The van der Waals surface area contributed by atoms with E-state index in [-0.39, 0.29) is 12.4 Å². The van der Waals surface area contributed by atoms with Crippen molar-refractivity contribution in [3.8, 4) is 11.5 Å². The molecule has 0 fully saturated rings. The predicted molar refractivity (Wildman–Crippen MR) is 65.2 cm³/mol. The molecule has 8 heteroatoms. The molecule has 1 aromatic rings. The zero-order chi connectivity index (χ0) is 14.7. The number of ether oxygens (including phenoxy) is 3. The van der Waals surface area contributed by atoms with Crippen LogP contribution in [0.3, 0.4) is 0 Å². The van der Waals surface area contributed by atoms with Crippen LogP contribution in [0, 0.1) is 0 Å². The summed E-state index contributed by atoms with van der Waals surface area (Å²) in [5.74, 6) is -0.572. The zero-order valence-electron chi connectivity index (χ0n) is 10.5. The summed E-state index contributed by atoms with van der Waals surface area (Å²) in [5.41, 5.74) is 4.99. The van der Waals surface area contributed by atoms with Crippen LogP contribution in [0.15, 0.2) is 18.2 Å². The van der Waals surface area contributed by atoms with Crippen molar-refractivity contribution in [1.29, 1.82) is 0 Å². The lowest BCUT2D eigenvalue weighted by molar-refractivity contribution is -0.127. The molecule has 20 heavy (non-hydrogen) atoms. The minimum atomic E-state index is -1.15. The number of benzene rings is 1. The second kappa shape index (κ2) is 5.47. The van der Waals surface area contributed by atoms with Gasteiger partial charge in [-0.2, -0.15) is 0 Å². The molecule has 0 radical (unpaired) electrons. The Morgan fingerprint density at radius 2 is 2.00 bits per heavy atom. The summed E-state index contributed by atoms with van der Waals surface area (Å²) in [6.45, 7) is 1.41. The van der Waals surface area contributed by atoms with Gasteiger partial charge in [0, 0.05) is 0 Å². The third-order valence-corrected chi connectivity index (χ3v) is 2.51. The molecule has 8 nitrogen and oxygen atoms in total. The summed E-state index contributed by atoms with van der Waals surface area (Å²) < 4.78 is 15.1. The molecular formula is C12H12N2O6. The Balaban J connectivity index is 2.01. The molecule has 0 saturated carbocycles. The summed E-state index contributed by atoms with van der Waals surface area (Å²) in [5, 5.41) is 1.82. The highest BCUT2D eigenvalue weighted by atomic mass is 16.7. The van der Waals surface area contributed by atoms with Crippen LogP contribution in [0.5, 0.6) is 11.5 Å². The van der Waals surface area contributed by atoms with Crippen LogP contribution in [-0.2, 0) is 9.53 Å². The zero-order valence-corrected chi connectivity index (χ0v) is 10.5. The molecule has 1 aromatic carbocycles. The van der Waals surface area contributed by atoms with Gasteiger partial charge in [-0.05, 0) is 25.1 Å². The molecule has 0 aliphatic carbocycles. The van der Waals surface area contributed by atoms with Crippen molar-refractivity contribution in [2.75, 3.05) is 6.79 Å². The molecular weight excluding hydrogens is 268 g/mol. The third kappa shape index (κ3) is 2.97. The van der Waals surface area contributed by atoms with Crippen molar-refractivity contribution < 1.29 is 28.6 Å². The molecule has 1 heterocycles. The van der Waals surface area contributed by atoms with Crippen LogP contribution in [0.25, 0.3) is 0 Å². The second-order valence-electron chi connectivity index (χ2n) is 3.97. The Hall–Kier alpha value is -2.77. The first-order valence-corrected chi connectivity index (χ1v) is 5.68. The first-order valence-electron chi connectivity index (χ1n) is 5.68. The fraction of sp³-hybridized carbons (Fsp3) is 0.250. The normalized spacial score (nSPS) is 13.4. The van der Waals surface area contributed by atoms with Gasteiger partial charge in [0.1, 0.15) is 0 Å². The van der Waals surface area contributed by atoms with Crippen molar-refractivity contribution in [1.82, 2.24) is 5.32 Å². The van der Waals surface area contributed by atoms with E-state index in [9.17, 15) is 14.4 Å². The van der Waals surface area contributed by atoms with Gasteiger partial charge >= 0.3 is 12.0 Å². The SMILES string of the molecule is C[C@@H](OC(=O)c1ccc2c(c1)OCO2)C(=O)NC(N)=O. The molecule has 2 rings (SSSR count). The number of urea groups is 1. The fourth-order valence-electron chi connectivity index (χ4n) is 1.53. The Labute approximate surface area is 113 Å². The molecule has 3 N–H and O–H groups in total. The number of carbonyl (C=O) groups excluding carboxylic acids is 3. The van der Waals surface area contributed by atoms with E-state index < -0.39 is 24.0 Å². The monoisotopic (exact) mass is 280 g/mol. The first kappa shape index (κ1) is 13.7. The molecule has 1 aliphatic rings.